The fourth-order valence-electron chi connectivity index (χ4n) is 3.96. The Kier molecular flexibility index (Phi) is 5.01. The summed E-state index contributed by atoms with van der Waals surface area (Å²) in [6.07, 6.45) is 5.13. The Morgan fingerprint density at radius 1 is 1.50 bits per heavy atom. The van der Waals surface area contributed by atoms with Gasteiger partial charge in [0.25, 0.3) is 0 Å². The summed E-state index contributed by atoms with van der Waals surface area (Å²) in [4.78, 5) is 23.7. The maximum atomic E-state index is 12.3. The van der Waals surface area contributed by atoms with Crippen molar-refractivity contribution in [2.75, 3.05) is 6.79 Å². The van der Waals surface area contributed by atoms with Crippen molar-refractivity contribution < 1.29 is 24.2 Å². The second kappa shape index (κ2) is 7.08. The molecule has 1 fully saturated rings. The number of fused-ring (bicyclic) bond motifs is 1. The Labute approximate surface area is 153 Å². The van der Waals surface area contributed by atoms with Gasteiger partial charge in [0.1, 0.15) is 11.4 Å². The van der Waals surface area contributed by atoms with E-state index in [0.29, 0.717) is 30.6 Å². The summed E-state index contributed by atoms with van der Waals surface area (Å²) in [6, 6.07) is 5.50. The monoisotopic (exact) mass is 356 g/mol. The van der Waals surface area contributed by atoms with Gasteiger partial charge in [-0.3, -0.25) is 4.79 Å². The Hall–Kier alpha value is -2.40. The van der Waals surface area contributed by atoms with Gasteiger partial charge in [0.05, 0.1) is 5.56 Å². The van der Waals surface area contributed by atoms with Crippen LogP contribution < -0.4 is 0 Å². The van der Waals surface area contributed by atoms with E-state index in [9.17, 15) is 14.7 Å². The second-order valence-corrected chi connectivity index (χ2v) is 7.19. The number of allylic oxidation sites excluding steroid dienone is 2. The van der Waals surface area contributed by atoms with E-state index in [0.717, 1.165) is 11.1 Å². The van der Waals surface area contributed by atoms with Crippen LogP contribution in [0.3, 0.4) is 0 Å². The minimum absolute atomic E-state index is 0.0287. The molecular weight excluding hydrogens is 332 g/mol. The molecule has 5 nitrogen and oxygen atoms in total. The van der Waals surface area contributed by atoms with Crippen molar-refractivity contribution >= 4 is 11.8 Å². The molecule has 0 bridgehead atoms. The molecule has 0 unspecified atom stereocenters. The van der Waals surface area contributed by atoms with Crippen LogP contribution in [0.15, 0.2) is 42.7 Å². The molecule has 26 heavy (non-hydrogen) atoms. The number of benzene rings is 1. The highest BCUT2D eigenvalue weighted by Gasteiger charge is 2.51. The molecule has 0 saturated carbocycles. The van der Waals surface area contributed by atoms with Gasteiger partial charge in [0, 0.05) is 12.0 Å². The molecule has 0 aromatic heterocycles. The van der Waals surface area contributed by atoms with Crippen LogP contribution in [0.25, 0.3) is 0 Å². The smallest absolute Gasteiger partial charge is 0.335 e. The molecule has 1 aromatic carbocycles. The highest BCUT2D eigenvalue weighted by molar-refractivity contribution is 5.94. The van der Waals surface area contributed by atoms with Crippen molar-refractivity contribution in [1.82, 2.24) is 0 Å². The molecule has 138 valence electrons. The lowest BCUT2D eigenvalue weighted by Crippen LogP contribution is -2.44. The summed E-state index contributed by atoms with van der Waals surface area (Å²) in [7, 11) is 0. The lowest BCUT2D eigenvalue weighted by molar-refractivity contribution is -0.123. The zero-order chi connectivity index (χ0) is 18.9. The minimum atomic E-state index is -0.925. The molecule has 1 aliphatic carbocycles. The first-order chi connectivity index (χ1) is 12.4. The van der Waals surface area contributed by atoms with Crippen molar-refractivity contribution in [3.05, 3.63) is 59.4 Å². The first-order valence-electron chi connectivity index (χ1n) is 8.84. The van der Waals surface area contributed by atoms with Crippen LogP contribution in [0.5, 0.6) is 0 Å². The van der Waals surface area contributed by atoms with Gasteiger partial charge < -0.3 is 14.6 Å². The van der Waals surface area contributed by atoms with E-state index in [1.165, 1.54) is 0 Å². The number of aromatic carboxylic acids is 1. The van der Waals surface area contributed by atoms with Crippen LogP contribution in [0, 0.1) is 18.8 Å². The summed E-state index contributed by atoms with van der Waals surface area (Å²) < 4.78 is 11.6. The summed E-state index contributed by atoms with van der Waals surface area (Å²) in [5, 5.41) is 9.34. The van der Waals surface area contributed by atoms with Gasteiger partial charge >= 0.3 is 5.97 Å². The van der Waals surface area contributed by atoms with Gasteiger partial charge in [-0.2, -0.15) is 0 Å². The summed E-state index contributed by atoms with van der Waals surface area (Å²) >= 11 is 0. The van der Waals surface area contributed by atoms with Crippen LogP contribution in [0.1, 0.15) is 41.3 Å². The van der Waals surface area contributed by atoms with Crippen LogP contribution in [0.2, 0.25) is 0 Å². The van der Waals surface area contributed by atoms with Crippen LogP contribution in [-0.4, -0.2) is 29.3 Å². The predicted octanol–water partition coefficient (Wildman–Crippen LogP) is 3.66. The predicted molar refractivity (Wildman–Crippen MR) is 96.8 cm³/mol. The molecule has 1 heterocycles. The van der Waals surface area contributed by atoms with E-state index >= 15 is 0 Å². The zero-order valence-electron chi connectivity index (χ0n) is 15.2. The zero-order valence-corrected chi connectivity index (χ0v) is 15.2. The molecule has 3 rings (SSSR count). The first-order valence-corrected chi connectivity index (χ1v) is 8.84. The van der Waals surface area contributed by atoms with Gasteiger partial charge in [-0.05, 0) is 49.3 Å². The number of carbonyl (C=O) groups is 2. The third-order valence-corrected chi connectivity index (χ3v) is 5.49. The summed E-state index contributed by atoms with van der Waals surface area (Å²) in [5.74, 6) is -0.405. The van der Waals surface area contributed by atoms with Crippen molar-refractivity contribution in [2.24, 2.45) is 11.8 Å². The Morgan fingerprint density at radius 3 is 2.96 bits per heavy atom. The third-order valence-electron chi connectivity index (χ3n) is 5.49. The van der Waals surface area contributed by atoms with Crippen LogP contribution >= 0.6 is 0 Å². The molecular formula is C21H24O5. The SMILES string of the molecule is C=CC[C@H]1C[C@]2([C@@H](C)Cc3ccc(C)c(C(=O)O)c3)OCOC2=CC1=O. The summed E-state index contributed by atoms with van der Waals surface area (Å²) in [5.41, 5.74) is 1.34. The van der Waals surface area contributed by atoms with Crippen LogP contribution in [0.4, 0.5) is 0 Å². The number of ether oxygens (including phenoxy) is 2. The maximum Gasteiger partial charge on any atom is 0.335 e. The van der Waals surface area contributed by atoms with E-state index < -0.39 is 11.6 Å². The van der Waals surface area contributed by atoms with Gasteiger partial charge in [-0.15, -0.1) is 6.58 Å². The normalized spacial score (nSPS) is 25.8. The average molecular weight is 356 g/mol. The summed E-state index contributed by atoms with van der Waals surface area (Å²) in [6.45, 7) is 7.73. The molecule has 1 N–H and O–H groups in total. The molecule has 3 atom stereocenters. The number of hydrogen-bond donors (Lipinski definition) is 1. The lowest BCUT2D eigenvalue weighted by atomic mass is 9.71. The fraction of sp³-hybridized carbons (Fsp3) is 0.429. The average Bonchev–Trinajstić information content (AvgIpc) is 3.00. The van der Waals surface area contributed by atoms with E-state index in [4.69, 9.17) is 9.47 Å². The highest BCUT2D eigenvalue weighted by atomic mass is 16.7. The van der Waals surface area contributed by atoms with Gasteiger partial charge in [0.2, 0.25) is 0 Å². The first kappa shape index (κ1) is 18.4. The van der Waals surface area contributed by atoms with Crippen molar-refractivity contribution in [3.8, 4) is 0 Å². The highest BCUT2D eigenvalue weighted by Crippen LogP contribution is 2.46. The van der Waals surface area contributed by atoms with E-state index in [1.54, 1.807) is 25.1 Å². The third kappa shape index (κ3) is 3.19. The van der Waals surface area contributed by atoms with Gasteiger partial charge in [-0.25, -0.2) is 4.79 Å². The Bertz CT molecular complexity index is 779. The minimum Gasteiger partial charge on any atom is -0.478 e. The van der Waals surface area contributed by atoms with Crippen molar-refractivity contribution in [2.45, 2.75) is 38.7 Å². The molecule has 0 amide bonds. The molecule has 1 saturated heterocycles. The van der Waals surface area contributed by atoms with Crippen molar-refractivity contribution in [3.63, 3.8) is 0 Å². The van der Waals surface area contributed by atoms with E-state index in [-0.39, 0.29) is 24.4 Å². The number of carboxylic acids is 1. The lowest BCUT2D eigenvalue weighted by Gasteiger charge is -2.38. The number of carboxylic acid groups (broad SMARTS) is 1. The van der Waals surface area contributed by atoms with Gasteiger partial charge in [0.15, 0.2) is 12.6 Å². The van der Waals surface area contributed by atoms with E-state index in [1.807, 2.05) is 12.1 Å². The maximum absolute atomic E-state index is 12.3. The fourth-order valence-corrected chi connectivity index (χ4v) is 3.96. The molecule has 2 aliphatic rings. The van der Waals surface area contributed by atoms with Crippen LogP contribution in [-0.2, 0) is 20.7 Å². The molecule has 1 aliphatic heterocycles. The number of aryl methyl sites for hydroxylation is 1. The second-order valence-electron chi connectivity index (χ2n) is 7.19. The van der Waals surface area contributed by atoms with E-state index in [2.05, 4.69) is 13.5 Å². The molecule has 5 heteroatoms. The van der Waals surface area contributed by atoms with Gasteiger partial charge in [-0.1, -0.05) is 25.1 Å². The standard InChI is InChI=1S/C21H24O5/c1-4-5-16-11-21(19(10-18(16)22)25-12-26-21)14(3)8-15-7-6-13(2)17(9-15)20(23)24/h4,6-7,9-10,14,16H,1,5,8,11-12H2,2-3H3,(H,23,24)/t14-,16-,21+/m0/s1. The molecule has 0 radical (unpaired) electrons. The largest absolute Gasteiger partial charge is 0.478 e. The number of carbonyl (C=O) groups excluding carboxylic acids is 1. The topological polar surface area (TPSA) is 72.8 Å². The number of ketones is 1. The molecule has 0 spiro atoms. The number of rotatable bonds is 6. The Morgan fingerprint density at radius 2 is 2.27 bits per heavy atom. The van der Waals surface area contributed by atoms with Crippen molar-refractivity contribution in [1.29, 1.82) is 0 Å². The number of hydrogen-bond acceptors (Lipinski definition) is 4. The molecule has 1 aromatic rings. The quantitative estimate of drug-likeness (QED) is 0.788. The Balaban J connectivity index is 1.88.